The Morgan fingerprint density at radius 1 is 1.29 bits per heavy atom. The molecular formula is C8H5F3N2O. The molecule has 0 amide bonds. The molecular weight excluding hydrogens is 197 g/mol. The predicted octanol–water partition coefficient (Wildman–Crippen LogP) is 2.06. The molecule has 6 heteroatoms. The first kappa shape index (κ1) is 8.86. The summed E-state index contributed by atoms with van der Waals surface area (Å²) in [6, 6.07) is 3.55. The van der Waals surface area contributed by atoms with Crippen molar-refractivity contribution in [1.29, 1.82) is 0 Å². The topological polar surface area (TPSA) is 37.5 Å². The molecule has 0 saturated heterocycles. The molecule has 0 aliphatic heterocycles. The molecule has 74 valence electrons. The molecule has 0 bridgehead atoms. The zero-order valence-electron chi connectivity index (χ0n) is 6.78. The van der Waals surface area contributed by atoms with Crippen molar-refractivity contribution in [3.05, 3.63) is 30.1 Å². The van der Waals surface area contributed by atoms with E-state index in [2.05, 4.69) is 4.98 Å². The number of alkyl halides is 3. The van der Waals surface area contributed by atoms with Crippen molar-refractivity contribution in [3.63, 3.8) is 0 Å². The van der Waals surface area contributed by atoms with Crippen LogP contribution in [0.3, 0.4) is 0 Å². The Bertz CT molecular complexity index is 475. The fourth-order valence-electron chi connectivity index (χ4n) is 1.23. The normalized spacial score (nSPS) is 12.2. The summed E-state index contributed by atoms with van der Waals surface area (Å²) in [5, 5.41) is 8.95. The highest BCUT2D eigenvalue weighted by molar-refractivity contribution is 5.43. The number of aromatic nitrogens is 2. The average molecular weight is 202 g/mol. The summed E-state index contributed by atoms with van der Waals surface area (Å²) in [7, 11) is 0. The molecule has 2 aromatic heterocycles. The van der Waals surface area contributed by atoms with Crippen molar-refractivity contribution in [2.24, 2.45) is 0 Å². The van der Waals surface area contributed by atoms with Gasteiger partial charge in [-0.05, 0) is 12.1 Å². The van der Waals surface area contributed by atoms with Gasteiger partial charge in [0.2, 0.25) is 5.88 Å². The third kappa shape index (κ3) is 1.28. The third-order valence-electron chi connectivity index (χ3n) is 1.77. The molecule has 0 aromatic carbocycles. The first-order chi connectivity index (χ1) is 6.48. The van der Waals surface area contributed by atoms with Gasteiger partial charge in [0.15, 0.2) is 0 Å². The van der Waals surface area contributed by atoms with Crippen molar-refractivity contribution in [1.82, 2.24) is 9.38 Å². The van der Waals surface area contributed by atoms with Crippen molar-refractivity contribution in [2.45, 2.75) is 6.18 Å². The fraction of sp³-hybridized carbons (Fsp3) is 0.125. The highest BCUT2D eigenvalue weighted by Gasteiger charge is 2.33. The van der Waals surface area contributed by atoms with Gasteiger partial charge < -0.3 is 5.11 Å². The number of nitrogens with zero attached hydrogens (tertiary/aromatic N) is 2. The second-order valence-electron chi connectivity index (χ2n) is 2.74. The fourth-order valence-corrected chi connectivity index (χ4v) is 1.23. The summed E-state index contributed by atoms with van der Waals surface area (Å²) in [6.45, 7) is 0. The Morgan fingerprint density at radius 3 is 2.64 bits per heavy atom. The Balaban J connectivity index is 2.77. The van der Waals surface area contributed by atoms with Gasteiger partial charge in [-0.2, -0.15) is 18.2 Å². The molecule has 0 spiro atoms. The number of pyridine rings is 1. The minimum atomic E-state index is -4.45. The van der Waals surface area contributed by atoms with Crippen LogP contribution in [0.1, 0.15) is 5.69 Å². The van der Waals surface area contributed by atoms with Crippen LogP contribution in [0.25, 0.3) is 5.65 Å². The van der Waals surface area contributed by atoms with E-state index in [4.69, 9.17) is 5.11 Å². The highest BCUT2D eigenvalue weighted by atomic mass is 19.4. The van der Waals surface area contributed by atoms with E-state index in [9.17, 15) is 13.2 Å². The number of rotatable bonds is 0. The lowest BCUT2D eigenvalue weighted by molar-refractivity contribution is -0.142. The lowest BCUT2D eigenvalue weighted by Gasteiger charge is -2.07. The van der Waals surface area contributed by atoms with Crippen molar-refractivity contribution in [3.8, 4) is 5.88 Å². The largest absolute Gasteiger partial charge is 0.492 e. The van der Waals surface area contributed by atoms with Gasteiger partial charge in [0.25, 0.3) is 0 Å². The summed E-state index contributed by atoms with van der Waals surface area (Å²) < 4.78 is 38.0. The smallest absolute Gasteiger partial charge is 0.431 e. The Kier molecular flexibility index (Phi) is 1.67. The van der Waals surface area contributed by atoms with Crippen molar-refractivity contribution >= 4 is 5.65 Å². The minimum Gasteiger partial charge on any atom is -0.492 e. The molecule has 2 aromatic rings. The van der Waals surface area contributed by atoms with E-state index < -0.39 is 17.8 Å². The van der Waals surface area contributed by atoms with E-state index >= 15 is 0 Å². The molecule has 3 nitrogen and oxygen atoms in total. The van der Waals surface area contributed by atoms with Gasteiger partial charge in [-0.1, -0.05) is 6.07 Å². The van der Waals surface area contributed by atoms with Gasteiger partial charge in [-0.3, -0.25) is 4.40 Å². The maximum atomic E-state index is 12.4. The van der Waals surface area contributed by atoms with Crippen LogP contribution in [0.4, 0.5) is 13.2 Å². The summed E-state index contributed by atoms with van der Waals surface area (Å²) in [5.74, 6) is -0.429. The first-order valence-corrected chi connectivity index (χ1v) is 3.73. The first-order valence-electron chi connectivity index (χ1n) is 3.73. The van der Waals surface area contributed by atoms with E-state index in [1.165, 1.54) is 12.1 Å². The maximum absolute atomic E-state index is 12.4. The lowest BCUT2D eigenvalue weighted by atomic mass is 10.3. The molecule has 14 heavy (non-hydrogen) atoms. The number of halogens is 3. The van der Waals surface area contributed by atoms with Crippen LogP contribution in [0.5, 0.6) is 5.88 Å². The quantitative estimate of drug-likeness (QED) is 0.709. The van der Waals surface area contributed by atoms with Gasteiger partial charge in [-0.15, -0.1) is 0 Å². The standard InChI is InChI=1S/C8H5F3N2O/c9-8(10,11)5-2-1-3-6-12-7(14)4-13(5)6/h1-4,14H. The molecule has 0 aliphatic rings. The van der Waals surface area contributed by atoms with E-state index in [0.717, 1.165) is 16.7 Å². The zero-order valence-corrected chi connectivity index (χ0v) is 6.78. The minimum absolute atomic E-state index is 0.0670. The maximum Gasteiger partial charge on any atom is 0.431 e. The van der Waals surface area contributed by atoms with Gasteiger partial charge in [-0.25, -0.2) is 0 Å². The molecule has 1 N–H and O–H groups in total. The molecule has 0 saturated carbocycles. The third-order valence-corrected chi connectivity index (χ3v) is 1.77. The summed E-state index contributed by atoms with van der Waals surface area (Å²) in [4.78, 5) is 3.51. The molecule has 0 unspecified atom stereocenters. The van der Waals surface area contributed by atoms with Crippen LogP contribution in [0.2, 0.25) is 0 Å². The number of aromatic hydroxyl groups is 1. The van der Waals surface area contributed by atoms with Crippen LogP contribution < -0.4 is 0 Å². The van der Waals surface area contributed by atoms with Gasteiger partial charge in [0.1, 0.15) is 11.3 Å². The van der Waals surface area contributed by atoms with E-state index in [0.29, 0.717) is 0 Å². The van der Waals surface area contributed by atoms with Crippen LogP contribution in [-0.4, -0.2) is 14.5 Å². The Labute approximate surface area is 76.4 Å². The second-order valence-corrected chi connectivity index (χ2v) is 2.74. The second kappa shape index (κ2) is 2.63. The number of imidazole rings is 1. The molecule has 0 aliphatic carbocycles. The van der Waals surface area contributed by atoms with Crippen molar-refractivity contribution in [2.75, 3.05) is 0 Å². The van der Waals surface area contributed by atoms with Crippen LogP contribution in [0.15, 0.2) is 24.4 Å². The number of hydrogen-bond acceptors (Lipinski definition) is 2. The SMILES string of the molecule is Oc1cn2c(C(F)(F)F)cccc2n1. The Hall–Kier alpha value is -1.72. The van der Waals surface area contributed by atoms with Crippen LogP contribution in [0, 0.1) is 0 Å². The summed E-state index contributed by atoms with van der Waals surface area (Å²) >= 11 is 0. The molecule has 2 rings (SSSR count). The number of fused-ring (bicyclic) bond motifs is 1. The van der Waals surface area contributed by atoms with Gasteiger partial charge in [0.05, 0.1) is 6.20 Å². The highest BCUT2D eigenvalue weighted by Crippen LogP contribution is 2.30. The lowest BCUT2D eigenvalue weighted by Crippen LogP contribution is -2.10. The number of hydrogen-bond donors (Lipinski definition) is 1. The Morgan fingerprint density at radius 2 is 2.00 bits per heavy atom. The monoisotopic (exact) mass is 202 g/mol. The molecule has 2 heterocycles. The summed E-state index contributed by atoms with van der Waals surface area (Å²) in [5.41, 5.74) is -0.792. The van der Waals surface area contributed by atoms with Crippen molar-refractivity contribution < 1.29 is 18.3 Å². The summed E-state index contributed by atoms with van der Waals surface area (Å²) in [6.07, 6.45) is -3.52. The molecule has 0 atom stereocenters. The van der Waals surface area contributed by atoms with E-state index in [1.54, 1.807) is 0 Å². The average Bonchev–Trinajstić information content (AvgIpc) is 2.41. The molecule has 0 fully saturated rings. The predicted molar refractivity (Wildman–Crippen MR) is 41.9 cm³/mol. The zero-order chi connectivity index (χ0) is 10.3. The molecule has 0 radical (unpaired) electrons. The van der Waals surface area contributed by atoms with E-state index in [1.807, 2.05) is 0 Å². The van der Waals surface area contributed by atoms with Crippen LogP contribution >= 0.6 is 0 Å². The van der Waals surface area contributed by atoms with Gasteiger partial charge >= 0.3 is 6.18 Å². The van der Waals surface area contributed by atoms with Crippen LogP contribution in [-0.2, 0) is 6.18 Å². The van der Waals surface area contributed by atoms with Gasteiger partial charge in [0, 0.05) is 0 Å². The van der Waals surface area contributed by atoms with E-state index in [-0.39, 0.29) is 5.65 Å².